The van der Waals surface area contributed by atoms with Crippen molar-refractivity contribution >= 4 is 10.0 Å². The Hall–Kier alpha value is -1.49. The van der Waals surface area contributed by atoms with Gasteiger partial charge in [0, 0.05) is 18.1 Å². The molecular weight excluding hydrogens is 293 g/mol. The van der Waals surface area contributed by atoms with Gasteiger partial charge in [-0.1, -0.05) is 6.07 Å². The topological polar surface area (TPSA) is 82.0 Å². The molecule has 0 aromatic heterocycles. The molecule has 2 fully saturated rings. The lowest BCUT2D eigenvalue weighted by atomic mass is 10.0. The normalized spacial score (nSPS) is 28.3. The number of halogens is 1. The van der Waals surface area contributed by atoms with Crippen molar-refractivity contribution in [3.63, 3.8) is 0 Å². The standard InChI is InChI=1S/C14H16FN3O2S/c15-13-2-1-3-14(12(13)8-16)21(19,20)18-11-6-9-4-5-10(7-11)17-9/h1-3,9-11,17-18H,4-7H2. The van der Waals surface area contributed by atoms with E-state index in [0.717, 1.165) is 31.7 Å². The molecule has 3 rings (SSSR count). The van der Waals surface area contributed by atoms with Crippen molar-refractivity contribution in [2.24, 2.45) is 0 Å². The molecule has 2 unspecified atom stereocenters. The summed E-state index contributed by atoms with van der Waals surface area (Å²) in [5, 5.41) is 12.4. The summed E-state index contributed by atoms with van der Waals surface area (Å²) in [6, 6.07) is 5.81. The second kappa shape index (κ2) is 5.37. The van der Waals surface area contributed by atoms with Crippen LogP contribution in [0.3, 0.4) is 0 Å². The Kier molecular flexibility index (Phi) is 3.69. The molecule has 0 radical (unpaired) electrons. The molecule has 7 heteroatoms. The summed E-state index contributed by atoms with van der Waals surface area (Å²) >= 11 is 0. The number of piperidine rings is 1. The quantitative estimate of drug-likeness (QED) is 0.880. The van der Waals surface area contributed by atoms with E-state index >= 15 is 0 Å². The summed E-state index contributed by atoms with van der Waals surface area (Å²) in [5.41, 5.74) is -0.429. The highest BCUT2D eigenvalue weighted by molar-refractivity contribution is 7.89. The van der Waals surface area contributed by atoms with Crippen LogP contribution in [0.2, 0.25) is 0 Å². The molecule has 2 aliphatic rings. The van der Waals surface area contributed by atoms with E-state index < -0.39 is 21.4 Å². The van der Waals surface area contributed by atoms with Gasteiger partial charge >= 0.3 is 0 Å². The molecule has 0 aliphatic carbocycles. The zero-order chi connectivity index (χ0) is 15.0. The number of nitrogens with one attached hydrogen (secondary N) is 2. The fraction of sp³-hybridized carbons (Fsp3) is 0.500. The zero-order valence-electron chi connectivity index (χ0n) is 11.3. The zero-order valence-corrected chi connectivity index (χ0v) is 12.2. The van der Waals surface area contributed by atoms with E-state index in [0.29, 0.717) is 12.1 Å². The number of benzene rings is 1. The fourth-order valence-corrected chi connectivity index (χ4v) is 4.70. The van der Waals surface area contributed by atoms with E-state index in [1.807, 2.05) is 0 Å². The molecule has 2 aliphatic heterocycles. The molecule has 2 heterocycles. The Balaban J connectivity index is 1.85. The van der Waals surface area contributed by atoms with Crippen molar-refractivity contribution in [3.8, 4) is 6.07 Å². The van der Waals surface area contributed by atoms with Gasteiger partial charge in [0.05, 0.1) is 0 Å². The summed E-state index contributed by atoms with van der Waals surface area (Å²) in [5.74, 6) is -0.814. The summed E-state index contributed by atoms with van der Waals surface area (Å²) in [6.45, 7) is 0. The van der Waals surface area contributed by atoms with Gasteiger partial charge in [-0.25, -0.2) is 17.5 Å². The first-order valence-electron chi connectivity index (χ1n) is 6.96. The Bertz CT molecular complexity index is 687. The highest BCUT2D eigenvalue weighted by Crippen LogP contribution is 2.28. The van der Waals surface area contributed by atoms with Gasteiger partial charge in [-0.15, -0.1) is 0 Å². The Morgan fingerprint density at radius 2 is 1.95 bits per heavy atom. The maximum atomic E-state index is 13.6. The van der Waals surface area contributed by atoms with Gasteiger partial charge < -0.3 is 5.32 Å². The average molecular weight is 309 g/mol. The molecule has 2 atom stereocenters. The SMILES string of the molecule is N#Cc1c(F)cccc1S(=O)(=O)NC1CC2CCC(C1)N2. The summed E-state index contributed by atoms with van der Waals surface area (Å²) < 4.78 is 41.0. The first kappa shape index (κ1) is 14.4. The van der Waals surface area contributed by atoms with Gasteiger partial charge in [-0.05, 0) is 37.8 Å². The minimum absolute atomic E-state index is 0.163. The predicted octanol–water partition coefficient (Wildman–Crippen LogP) is 1.26. The van der Waals surface area contributed by atoms with Crippen molar-refractivity contribution in [2.75, 3.05) is 0 Å². The minimum atomic E-state index is -3.88. The van der Waals surface area contributed by atoms with Crippen LogP contribution in [0.15, 0.2) is 23.1 Å². The third-order valence-corrected chi connectivity index (χ3v) is 5.73. The lowest BCUT2D eigenvalue weighted by molar-refractivity contribution is 0.345. The van der Waals surface area contributed by atoms with Crippen molar-refractivity contribution in [1.82, 2.24) is 10.0 Å². The molecule has 0 spiro atoms. The third-order valence-electron chi connectivity index (χ3n) is 4.17. The first-order chi connectivity index (χ1) is 9.99. The maximum Gasteiger partial charge on any atom is 0.242 e. The minimum Gasteiger partial charge on any atom is -0.311 e. The molecule has 1 aromatic carbocycles. The molecule has 0 amide bonds. The predicted molar refractivity (Wildman–Crippen MR) is 74.4 cm³/mol. The van der Waals surface area contributed by atoms with Crippen LogP contribution in [0.25, 0.3) is 0 Å². The van der Waals surface area contributed by atoms with Crippen LogP contribution in [0.1, 0.15) is 31.2 Å². The fourth-order valence-electron chi connectivity index (χ4n) is 3.27. The second-order valence-corrected chi connectivity index (χ2v) is 7.33. The molecule has 2 bridgehead atoms. The van der Waals surface area contributed by atoms with E-state index in [2.05, 4.69) is 10.0 Å². The van der Waals surface area contributed by atoms with Crippen molar-refractivity contribution < 1.29 is 12.8 Å². The van der Waals surface area contributed by atoms with Crippen LogP contribution < -0.4 is 10.0 Å². The van der Waals surface area contributed by atoms with Crippen LogP contribution in [0.5, 0.6) is 0 Å². The van der Waals surface area contributed by atoms with Gasteiger partial charge in [0.2, 0.25) is 10.0 Å². The van der Waals surface area contributed by atoms with Gasteiger partial charge in [-0.3, -0.25) is 0 Å². The van der Waals surface area contributed by atoms with Crippen molar-refractivity contribution in [1.29, 1.82) is 5.26 Å². The molecule has 0 saturated carbocycles. The van der Waals surface area contributed by atoms with Gasteiger partial charge in [-0.2, -0.15) is 5.26 Å². The van der Waals surface area contributed by atoms with E-state index in [4.69, 9.17) is 5.26 Å². The van der Waals surface area contributed by atoms with E-state index in [9.17, 15) is 12.8 Å². The number of sulfonamides is 1. The molecule has 2 saturated heterocycles. The molecular formula is C14H16FN3O2S. The molecule has 5 nitrogen and oxygen atoms in total. The number of nitriles is 1. The number of rotatable bonds is 3. The van der Waals surface area contributed by atoms with Crippen molar-refractivity contribution in [2.45, 2.75) is 48.7 Å². The lowest BCUT2D eigenvalue weighted by Crippen LogP contribution is -2.48. The van der Waals surface area contributed by atoms with Gasteiger partial charge in [0.1, 0.15) is 22.3 Å². The summed E-state index contributed by atoms with van der Waals surface area (Å²) in [7, 11) is -3.88. The van der Waals surface area contributed by atoms with E-state index in [1.165, 1.54) is 12.1 Å². The van der Waals surface area contributed by atoms with Gasteiger partial charge in [0.25, 0.3) is 0 Å². The highest BCUT2D eigenvalue weighted by Gasteiger charge is 2.35. The van der Waals surface area contributed by atoms with Crippen LogP contribution in [0.4, 0.5) is 4.39 Å². The molecule has 21 heavy (non-hydrogen) atoms. The van der Waals surface area contributed by atoms with Crippen LogP contribution >= 0.6 is 0 Å². The highest BCUT2D eigenvalue weighted by atomic mass is 32.2. The molecule has 2 N–H and O–H groups in total. The van der Waals surface area contributed by atoms with Crippen LogP contribution in [0, 0.1) is 17.1 Å². The second-order valence-electron chi connectivity index (χ2n) is 5.65. The van der Waals surface area contributed by atoms with Crippen LogP contribution in [-0.2, 0) is 10.0 Å². The smallest absolute Gasteiger partial charge is 0.242 e. The largest absolute Gasteiger partial charge is 0.311 e. The Morgan fingerprint density at radius 3 is 2.57 bits per heavy atom. The number of hydrogen-bond donors (Lipinski definition) is 2. The molecule has 112 valence electrons. The maximum absolute atomic E-state index is 13.6. The number of nitrogens with zero attached hydrogens (tertiary/aromatic N) is 1. The summed E-state index contributed by atoms with van der Waals surface area (Å²) in [6.07, 6.45) is 3.58. The Labute approximate surface area is 123 Å². The molecule has 1 aromatic rings. The summed E-state index contributed by atoms with van der Waals surface area (Å²) in [4.78, 5) is -0.282. The monoisotopic (exact) mass is 309 g/mol. The lowest BCUT2D eigenvalue weighted by Gasteiger charge is -2.29. The third kappa shape index (κ3) is 2.79. The number of fused-ring (bicyclic) bond motifs is 2. The van der Waals surface area contributed by atoms with E-state index in [1.54, 1.807) is 6.07 Å². The first-order valence-corrected chi connectivity index (χ1v) is 8.45. The van der Waals surface area contributed by atoms with E-state index in [-0.39, 0.29) is 10.9 Å². The number of hydrogen-bond acceptors (Lipinski definition) is 4. The van der Waals surface area contributed by atoms with Crippen LogP contribution in [-0.4, -0.2) is 26.5 Å². The average Bonchev–Trinajstić information content (AvgIpc) is 2.77. The Morgan fingerprint density at radius 1 is 1.29 bits per heavy atom. The van der Waals surface area contributed by atoms with Crippen molar-refractivity contribution in [3.05, 3.63) is 29.6 Å². The van der Waals surface area contributed by atoms with Gasteiger partial charge in [0.15, 0.2) is 0 Å².